The molecule has 2 heterocycles. The summed E-state index contributed by atoms with van der Waals surface area (Å²) in [5.74, 6) is -0.865. The number of imidazole rings is 1. The molecule has 0 aliphatic carbocycles. The van der Waals surface area contributed by atoms with Gasteiger partial charge in [-0.1, -0.05) is 0 Å². The molecule has 2 rings (SSSR count). The van der Waals surface area contributed by atoms with Crippen LogP contribution in [0.15, 0.2) is 11.1 Å². The SMILES string of the molecule is COC(=O)[C@@H](C)NP(=O)(COCCn1cnc2c(=O)[nH]c(N)nc21)N[C@@H](C)C(C)=O. The van der Waals surface area contributed by atoms with Gasteiger partial charge in [-0.05, 0) is 20.8 Å². The van der Waals surface area contributed by atoms with Crippen LogP contribution in [-0.2, 0) is 30.2 Å². The Morgan fingerprint density at radius 1 is 1.33 bits per heavy atom. The number of nitrogens with two attached hydrogens (primary N) is 1. The van der Waals surface area contributed by atoms with Gasteiger partial charge in [0.2, 0.25) is 13.4 Å². The minimum atomic E-state index is -3.48. The first-order chi connectivity index (χ1) is 14.1. The molecule has 0 aromatic carbocycles. The quantitative estimate of drug-likeness (QED) is 0.201. The third kappa shape index (κ3) is 5.95. The fourth-order valence-corrected chi connectivity index (χ4v) is 4.70. The molecule has 30 heavy (non-hydrogen) atoms. The number of hydrogen-bond donors (Lipinski definition) is 4. The second-order valence-electron chi connectivity index (χ2n) is 6.67. The summed E-state index contributed by atoms with van der Waals surface area (Å²) in [4.78, 5) is 45.5. The number of ether oxygens (including phenoxy) is 2. The second-order valence-corrected chi connectivity index (χ2v) is 8.93. The van der Waals surface area contributed by atoms with Gasteiger partial charge in [0.25, 0.3) is 5.56 Å². The number of methoxy groups -OCH3 is 1. The zero-order valence-electron chi connectivity index (χ0n) is 17.2. The Morgan fingerprint density at radius 3 is 2.63 bits per heavy atom. The van der Waals surface area contributed by atoms with Crippen LogP contribution in [0.1, 0.15) is 20.8 Å². The van der Waals surface area contributed by atoms with Crippen LogP contribution in [0.25, 0.3) is 11.2 Å². The van der Waals surface area contributed by atoms with Crippen molar-refractivity contribution in [2.45, 2.75) is 39.4 Å². The van der Waals surface area contributed by atoms with Crippen molar-refractivity contribution in [3.8, 4) is 0 Å². The predicted molar refractivity (Wildman–Crippen MR) is 109 cm³/mol. The number of hydrogen-bond acceptors (Lipinski definition) is 9. The van der Waals surface area contributed by atoms with Gasteiger partial charge in [0.15, 0.2) is 11.2 Å². The number of H-pyrrole nitrogens is 1. The molecule has 2 aromatic rings. The average molecular weight is 443 g/mol. The number of nitrogens with one attached hydrogen (secondary N) is 3. The smallest absolute Gasteiger partial charge is 0.322 e. The number of aromatic nitrogens is 4. The van der Waals surface area contributed by atoms with Crippen molar-refractivity contribution >= 4 is 36.3 Å². The molecule has 0 radical (unpaired) electrons. The fraction of sp³-hybridized carbons (Fsp3) is 0.562. The molecule has 0 spiro atoms. The topological polar surface area (TPSA) is 183 Å². The Bertz CT molecular complexity index is 1020. The highest BCUT2D eigenvalue weighted by Gasteiger charge is 2.30. The van der Waals surface area contributed by atoms with Gasteiger partial charge in [-0.3, -0.25) is 23.9 Å². The van der Waals surface area contributed by atoms with Gasteiger partial charge in [0, 0.05) is 6.54 Å². The molecular formula is C16H26N7O6P. The molecule has 13 nitrogen and oxygen atoms in total. The second kappa shape index (κ2) is 9.94. The van der Waals surface area contributed by atoms with Crippen molar-refractivity contribution in [1.29, 1.82) is 0 Å². The molecule has 14 heteroatoms. The maximum atomic E-state index is 13.2. The lowest BCUT2D eigenvalue weighted by molar-refractivity contribution is -0.142. The third-order valence-electron chi connectivity index (χ3n) is 4.21. The average Bonchev–Trinajstić information content (AvgIpc) is 3.07. The first kappa shape index (κ1) is 23.7. The molecule has 0 saturated heterocycles. The van der Waals surface area contributed by atoms with Crippen LogP contribution < -0.4 is 21.5 Å². The van der Waals surface area contributed by atoms with Crippen molar-refractivity contribution in [1.82, 2.24) is 29.7 Å². The van der Waals surface area contributed by atoms with E-state index in [-0.39, 0.29) is 36.7 Å². The van der Waals surface area contributed by atoms with Crippen LogP contribution in [0, 0.1) is 0 Å². The van der Waals surface area contributed by atoms with E-state index in [1.807, 2.05) is 0 Å². The van der Waals surface area contributed by atoms with E-state index >= 15 is 0 Å². The van der Waals surface area contributed by atoms with Crippen LogP contribution in [0.3, 0.4) is 0 Å². The molecule has 0 aliphatic rings. The number of fused-ring (bicyclic) bond motifs is 1. The van der Waals surface area contributed by atoms with E-state index in [9.17, 15) is 18.9 Å². The Labute approximate surface area is 172 Å². The van der Waals surface area contributed by atoms with Crippen molar-refractivity contribution < 1.29 is 23.6 Å². The minimum absolute atomic E-state index is 0.0388. The predicted octanol–water partition coefficient (Wildman–Crippen LogP) is -0.413. The summed E-state index contributed by atoms with van der Waals surface area (Å²) in [6.07, 6.45) is 1.12. The summed E-state index contributed by atoms with van der Waals surface area (Å²) in [5.41, 5.74) is 5.54. The first-order valence-electron chi connectivity index (χ1n) is 9.07. The van der Waals surface area contributed by atoms with Gasteiger partial charge in [-0.2, -0.15) is 4.98 Å². The standard InChI is InChI=1S/C16H26N7O6P/c1-9(11(3)24)21-30(27,22-10(2)15(26)28-4)8-29-6-5-23-7-18-12-13(23)19-16(17)20-14(12)25/h7,9-10H,5-6,8H2,1-4H3,(H2,21,22,27)(H3,17,19,20,25)/t9-,10+,30?/m0/s1. The zero-order valence-corrected chi connectivity index (χ0v) is 18.1. The van der Waals surface area contributed by atoms with Gasteiger partial charge in [-0.25, -0.2) is 15.2 Å². The van der Waals surface area contributed by atoms with Crippen LogP contribution in [0.4, 0.5) is 5.95 Å². The molecule has 0 aliphatic heterocycles. The van der Waals surface area contributed by atoms with E-state index in [1.165, 1.54) is 27.3 Å². The summed E-state index contributed by atoms with van der Waals surface area (Å²) >= 11 is 0. The lowest BCUT2D eigenvalue weighted by Crippen LogP contribution is -2.41. The van der Waals surface area contributed by atoms with Gasteiger partial charge >= 0.3 is 5.97 Å². The molecule has 1 unspecified atom stereocenters. The van der Waals surface area contributed by atoms with Gasteiger partial charge in [0.1, 0.15) is 18.2 Å². The van der Waals surface area contributed by atoms with Crippen LogP contribution in [-0.4, -0.2) is 63.4 Å². The number of anilines is 1. The Morgan fingerprint density at radius 2 is 2.00 bits per heavy atom. The molecule has 0 bridgehead atoms. The molecule has 5 N–H and O–H groups in total. The molecule has 0 fully saturated rings. The number of nitrogens with zero attached hydrogens (tertiary/aromatic N) is 3. The number of aromatic amines is 1. The van der Waals surface area contributed by atoms with Gasteiger partial charge < -0.3 is 19.8 Å². The van der Waals surface area contributed by atoms with Gasteiger partial charge in [0.05, 0.1) is 26.1 Å². The maximum absolute atomic E-state index is 13.2. The molecule has 0 saturated carbocycles. The number of carbonyl (C=O) groups excluding carboxylic acids is 2. The summed E-state index contributed by atoms with van der Waals surface area (Å²) < 4.78 is 25.0. The number of rotatable bonds is 11. The van der Waals surface area contributed by atoms with E-state index in [1.54, 1.807) is 11.5 Å². The molecule has 166 valence electrons. The monoisotopic (exact) mass is 443 g/mol. The summed E-state index contributed by atoms with van der Waals surface area (Å²) in [6.45, 7) is 4.75. The van der Waals surface area contributed by atoms with Crippen molar-refractivity contribution in [3.05, 3.63) is 16.7 Å². The summed E-state index contributed by atoms with van der Waals surface area (Å²) in [5, 5.41) is 5.38. The Kier molecular flexibility index (Phi) is 7.84. The third-order valence-corrected chi connectivity index (χ3v) is 6.37. The van der Waals surface area contributed by atoms with Crippen molar-refractivity contribution in [2.24, 2.45) is 0 Å². The molecule has 2 aromatic heterocycles. The Hall–Kier alpha value is -2.60. The van der Waals surface area contributed by atoms with Gasteiger partial charge in [-0.15, -0.1) is 0 Å². The van der Waals surface area contributed by atoms with E-state index < -0.39 is 31.1 Å². The number of esters is 1. The highest BCUT2D eigenvalue weighted by Crippen LogP contribution is 2.37. The van der Waals surface area contributed by atoms with Crippen molar-refractivity contribution in [3.63, 3.8) is 0 Å². The largest absolute Gasteiger partial charge is 0.468 e. The first-order valence-corrected chi connectivity index (χ1v) is 11.0. The summed E-state index contributed by atoms with van der Waals surface area (Å²) in [6, 6.07) is -1.60. The van der Waals surface area contributed by atoms with E-state index in [4.69, 9.17) is 10.5 Å². The maximum Gasteiger partial charge on any atom is 0.322 e. The highest BCUT2D eigenvalue weighted by atomic mass is 31.2. The molecule has 3 atom stereocenters. The van der Waals surface area contributed by atoms with E-state index in [0.29, 0.717) is 5.65 Å². The van der Waals surface area contributed by atoms with Crippen LogP contribution in [0.5, 0.6) is 0 Å². The lowest BCUT2D eigenvalue weighted by atomic mass is 10.3. The zero-order chi connectivity index (χ0) is 22.5. The lowest BCUT2D eigenvalue weighted by Gasteiger charge is -2.25. The van der Waals surface area contributed by atoms with E-state index in [0.717, 1.165) is 0 Å². The number of carbonyl (C=O) groups is 2. The number of Topliss-reactive ketones (excluding diaryl/α,β-unsaturated/α-hetero) is 1. The van der Waals surface area contributed by atoms with Crippen LogP contribution in [0.2, 0.25) is 0 Å². The number of ketones is 1. The van der Waals surface area contributed by atoms with Crippen molar-refractivity contribution in [2.75, 3.05) is 25.8 Å². The minimum Gasteiger partial charge on any atom is -0.468 e. The van der Waals surface area contributed by atoms with Crippen LogP contribution >= 0.6 is 7.44 Å². The Balaban J connectivity index is 2.04. The number of nitrogen functional groups attached to an aromatic ring is 1. The van der Waals surface area contributed by atoms with E-state index in [2.05, 4.69) is 29.9 Å². The highest BCUT2D eigenvalue weighted by molar-refractivity contribution is 7.59. The normalized spacial score (nSPS) is 15.5. The molecule has 0 amide bonds. The summed E-state index contributed by atoms with van der Waals surface area (Å²) in [7, 11) is -2.27. The molecular weight excluding hydrogens is 417 g/mol. The fourth-order valence-electron chi connectivity index (χ4n) is 2.55.